The number of aliphatic hydroxyl groups is 1. The van der Waals surface area contributed by atoms with Crippen molar-refractivity contribution < 1.29 is 19.0 Å². The second-order valence-corrected chi connectivity index (χ2v) is 8.04. The van der Waals surface area contributed by atoms with E-state index in [2.05, 4.69) is 6.07 Å². The molecule has 1 atom stereocenters. The van der Waals surface area contributed by atoms with Gasteiger partial charge in [0.15, 0.2) is 11.6 Å². The van der Waals surface area contributed by atoms with Gasteiger partial charge in [0.25, 0.3) is 0 Å². The summed E-state index contributed by atoms with van der Waals surface area (Å²) in [7, 11) is 0. The van der Waals surface area contributed by atoms with Crippen molar-refractivity contribution in [2.24, 2.45) is 0 Å². The summed E-state index contributed by atoms with van der Waals surface area (Å²) in [4.78, 5) is 2.00. The van der Waals surface area contributed by atoms with Gasteiger partial charge >= 0.3 is 0 Å². The molecule has 5 rings (SSSR count). The highest BCUT2D eigenvalue weighted by molar-refractivity contribution is 5.70. The lowest BCUT2D eigenvalue weighted by Gasteiger charge is -2.27. The maximum atomic E-state index is 14.0. The Hall–Kier alpha value is -3.70. The molecule has 0 aliphatic carbocycles. The summed E-state index contributed by atoms with van der Waals surface area (Å²) in [5.41, 5.74) is 2.81. The van der Waals surface area contributed by atoms with Gasteiger partial charge in [0, 0.05) is 29.4 Å². The van der Waals surface area contributed by atoms with E-state index in [4.69, 9.17) is 0 Å². The predicted molar refractivity (Wildman–Crippen MR) is 120 cm³/mol. The summed E-state index contributed by atoms with van der Waals surface area (Å²) in [5, 5.41) is 22.0. The Balaban J connectivity index is 1.57. The molecule has 2 N–H and O–H groups in total. The van der Waals surface area contributed by atoms with Crippen LogP contribution in [0.2, 0.25) is 0 Å². The molecule has 4 aromatic rings. The number of hydrogen-bond donors (Lipinski definition) is 2. The van der Waals surface area contributed by atoms with E-state index < -0.39 is 23.0 Å². The van der Waals surface area contributed by atoms with Crippen LogP contribution in [0.1, 0.15) is 16.7 Å². The highest BCUT2D eigenvalue weighted by atomic mass is 19.2. The van der Waals surface area contributed by atoms with Crippen LogP contribution in [0, 0.1) is 11.6 Å². The van der Waals surface area contributed by atoms with E-state index >= 15 is 0 Å². The van der Waals surface area contributed by atoms with E-state index in [1.807, 2.05) is 65.6 Å². The molecule has 3 nitrogen and oxygen atoms in total. The van der Waals surface area contributed by atoms with E-state index in [0.29, 0.717) is 18.2 Å². The molecular weight excluding hydrogens is 408 g/mol. The smallest absolute Gasteiger partial charge is 0.162 e. The summed E-state index contributed by atoms with van der Waals surface area (Å²) in [6, 6.07) is 27.0. The minimum absolute atomic E-state index is 0.0531. The lowest BCUT2D eigenvalue weighted by molar-refractivity contribution is 0.0942. The Kier molecular flexibility index (Phi) is 4.91. The molecule has 0 fully saturated rings. The molecule has 1 aliphatic heterocycles. The van der Waals surface area contributed by atoms with E-state index in [1.54, 1.807) is 12.1 Å². The first kappa shape index (κ1) is 20.2. The van der Waals surface area contributed by atoms with Gasteiger partial charge in [0.05, 0.1) is 6.54 Å². The fourth-order valence-electron chi connectivity index (χ4n) is 4.55. The van der Waals surface area contributed by atoms with Gasteiger partial charge in [0.1, 0.15) is 11.4 Å². The monoisotopic (exact) mass is 429 g/mol. The number of phenolic OH excluding ortho intramolecular Hbond substituents is 1. The fourth-order valence-corrected chi connectivity index (χ4v) is 4.55. The molecule has 0 bridgehead atoms. The van der Waals surface area contributed by atoms with Crippen molar-refractivity contribution in [2.75, 3.05) is 11.4 Å². The lowest BCUT2D eigenvalue weighted by Crippen LogP contribution is -2.34. The van der Waals surface area contributed by atoms with Crippen LogP contribution in [0.5, 0.6) is 5.75 Å². The molecule has 4 aromatic carbocycles. The van der Waals surface area contributed by atoms with Crippen LogP contribution in [0.15, 0.2) is 91.0 Å². The van der Waals surface area contributed by atoms with Crippen molar-refractivity contribution in [1.82, 2.24) is 0 Å². The van der Waals surface area contributed by atoms with Crippen molar-refractivity contribution in [3.63, 3.8) is 0 Å². The van der Waals surface area contributed by atoms with Gasteiger partial charge in [0.2, 0.25) is 0 Å². The number of β-amino-alcohol motifs (C(OH)–C–C–N with tert-alkyl or cyclic N) is 1. The third-order valence-corrected chi connectivity index (χ3v) is 6.06. The van der Waals surface area contributed by atoms with Gasteiger partial charge in [-0.05, 0) is 28.8 Å². The zero-order chi connectivity index (χ0) is 22.3. The Morgan fingerprint density at radius 1 is 0.781 bits per heavy atom. The number of benzene rings is 4. The van der Waals surface area contributed by atoms with Gasteiger partial charge < -0.3 is 15.1 Å². The van der Waals surface area contributed by atoms with Crippen molar-refractivity contribution in [3.8, 4) is 16.9 Å². The molecule has 0 saturated heterocycles. The molecule has 0 radical (unpaired) electrons. The highest BCUT2D eigenvalue weighted by Crippen LogP contribution is 2.47. The molecule has 1 unspecified atom stereocenters. The van der Waals surface area contributed by atoms with Crippen LogP contribution in [0.3, 0.4) is 0 Å². The highest BCUT2D eigenvalue weighted by Gasteiger charge is 2.44. The van der Waals surface area contributed by atoms with Gasteiger partial charge in [-0.2, -0.15) is 0 Å². The number of phenols is 1. The van der Waals surface area contributed by atoms with Crippen molar-refractivity contribution >= 4 is 5.69 Å². The first-order chi connectivity index (χ1) is 15.5. The molecule has 0 saturated carbocycles. The van der Waals surface area contributed by atoms with Gasteiger partial charge in [-0.15, -0.1) is 0 Å². The minimum atomic E-state index is -1.68. The molecule has 1 aliphatic rings. The number of halogens is 2. The average Bonchev–Trinajstić information content (AvgIpc) is 3.10. The normalized spacial score (nSPS) is 17.4. The summed E-state index contributed by atoms with van der Waals surface area (Å²) in [6.07, 6.45) is 0. The first-order valence-corrected chi connectivity index (χ1v) is 10.4. The SMILES string of the molecule is Oc1cc(F)c(F)cc1C1(O)CN(Cc2ccccc2-c2ccccc2)c2ccccc21. The summed E-state index contributed by atoms with van der Waals surface area (Å²) < 4.78 is 27.6. The largest absolute Gasteiger partial charge is 0.507 e. The second-order valence-electron chi connectivity index (χ2n) is 8.04. The first-order valence-electron chi connectivity index (χ1n) is 10.4. The van der Waals surface area contributed by atoms with E-state index in [9.17, 15) is 19.0 Å². The molecule has 32 heavy (non-hydrogen) atoms. The number of rotatable bonds is 4. The molecule has 1 heterocycles. The lowest BCUT2D eigenvalue weighted by atomic mass is 9.87. The molecule has 0 spiro atoms. The standard InChI is InChI=1S/C27H21F2NO2/c28-23-14-22(26(31)15-24(23)29)27(32)17-30(25-13-7-6-12-21(25)27)16-19-10-4-5-11-20(19)18-8-2-1-3-9-18/h1-15,31-32H,16-17H2. The van der Waals surface area contributed by atoms with Gasteiger partial charge in [-0.1, -0.05) is 72.8 Å². The quantitative estimate of drug-likeness (QED) is 0.444. The Morgan fingerprint density at radius 3 is 2.25 bits per heavy atom. The van der Waals surface area contributed by atoms with E-state index in [-0.39, 0.29) is 12.1 Å². The third-order valence-electron chi connectivity index (χ3n) is 6.06. The number of nitrogens with zero attached hydrogens (tertiary/aromatic N) is 1. The topological polar surface area (TPSA) is 43.7 Å². The van der Waals surface area contributed by atoms with Gasteiger partial charge in [-0.3, -0.25) is 0 Å². The Morgan fingerprint density at radius 2 is 1.44 bits per heavy atom. The average molecular weight is 429 g/mol. The zero-order valence-corrected chi connectivity index (χ0v) is 17.2. The number of para-hydroxylation sites is 1. The third kappa shape index (κ3) is 3.31. The van der Waals surface area contributed by atoms with Crippen LogP contribution in [-0.2, 0) is 12.1 Å². The van der Waals surface area contributed by atoms with Crippen molar-refractivity contribution in [3.05, 3.63) is 119 Å². The van der Waals surface area contributed by atoms with Crippen LogP contribution >= 0.6 is 0 Å². The van der Waals surface area contributed by atoms with Gasteiger partial charge in [-0.25, -0.2) is 8.78 Å². The summed E-state index contributed by atoms with van der Waals surface area (Å²) in [6.45, 7) is 0.586. The Bertz CT molecular complexity index is 1290. The second kappa shape index (κ2) is 7.77. The fraction of sp³-hybridized carbons (Fsp3) is 0.111. The number of hydrogen-bond acceptors (Lipinski definition) is 3. The summed E-state index contributed by atoms with van der Waals surface area (Å²) >= 11 is 0. The van der Waals surface area contributed by atoms with Crippen LogP contribution in [0.4, 0.5) is 14.5 Å². The molecule has 160 valence electrons. The number of aromatic hydroxyl groups is 1. The number of anilines is 1. The van der Waals surface area contributed by atoms with E-state index in [1.165, 1.54) is 0 Å². The predicted octanol–water partition coefficient (Wildman–Crippen LogP) is 5.59. The zero-order valence-electron chi connectivity index (χ0n) is 17.2. The van der Waals surface area contributed by atoms with Crippen molar-refractivity contribution in [2.45, 2.75) is 12.1 Å². The maximum absolute atomic E-state index is 14.0. The molecular formula is C27H21F2NO2. The van der Waals surface area contributed by atoms with Crippen molar-refractivity contribution in [1.29, 1.82) is 0 Å². The maximum Gasteiger partial charge on any atom is 0.162 e. The number of fused-ring (bicyclic) bond motifs is 1. The Labute approximate surface area is 184 Å². The minimum Gasteiger partial charge on any atom is -0.507 e. The molecule has 0 amide bonds. The van der Waals surface area contributed by atoms with Crippen LogP contribution in [-0.4, -0.2) is 16.8 Å². The van der Waals surface area contributed by atoms with Crippen LogP contribution < -0.4 is 4.90 Å². The summed E-state index contributed by atoms with van der Waals surface area (Å²) in [5.74, 6) is -2.75. The molecule has 5 heteroatoms. The molecule has 0 aromatic heterocycles. The van der Waals surface area contributed by atoms with Crippen LogP contribution in [0.25, 0.3) is 11.1 Å². The van der Waals surface area contributed by atoms with E-state index in [0.717, 1.165) is 28.4 Å².